The third-order valence-electron chi connectivity index (χ3n) is 3.98. The maximum Gasteiger partial charge on any atom is 0.187 e. The Morgan fingerprint density at radius 1 is 1.12 bits per heavy atom. The van der Waals surface area contributed by atoms with Crippen LogP contribution in [0, 0.1) is 13.8 Å². The molecule has 2 rings (SSSR count). The van der Waals surface area contributed by atoms with E-state index in [1.54, 1.807) is 24.4 Å². The van der Waals surface area contributed by atoms with Gasteiger partial charge in [0.05, 0.1) is 6.61 Å². The molecule has 0 aromatic heterocycles. The van der Waals surface area contributed by atoms with Gasteiger partial charge in [0.15, 0.2) is 5.78 Å². The van der Waals surface area contributed by atoms with Crippen LogP contribution in [0.15, 0.2) is 54.7 Å². The van der Waals surface area contributed by atoms with Crippen LogP contribution >= 0.6 is 0 Å². The molecule has 0 unspecified atom stereocenters. The molecular weight excluding hydrogens is 298 g/mol. The summed E-state index contributed by atoms with van der Waals surface area (Å²) in [7, 11) is 0. The summed E-state index contributed by atoms with van der Waals surface area (Å²) in [5.41, 5.74) is 4.07. The summed E-state index contributed by atoms with van der Waals surface area (Å²) in [6.07, 6.45) is 5.38. The van der Waals surface area contributed by atoms with Gasteiger partial charge in [0.2, 0.25) is 0 Å². The van der Waals surface area contributed by atoms with E-state index in [-0.39, 0.29) is 5.78 Å². The highest BCUT2D eigenvalue weighted by Gasteiger charge is 2.03. The van der Waals surface area contributed by atoms with Gasteiger partial charge in [-0.3, -0.25) is 4.79 Å². The highest BCUT2D eigenvalue weighted by Crippen LogP contribution is 2.18. The van der Waals surface area contributed by atoms with E-state index in [0.29, 0.717) is 12.2 Å². The van der Waals surface area contributed by atoms with Crippen LogP contribution in [0.3, 0.4) is 0 Å². The molecule has 24 heavy (non-hydrogen) atoms. The molecule has 0 heterocycles. The minimum atomic E-state index is -0.0343. The summed E-state index contributed by atoms with van der Waals surface area (Å²) < 4.78 is 5.60. The number of allylic oxidation sites excluding steroid dienone is 1. The second kappa shape index (κ2) is 8.92. The molecule has 2 aromatic rings. The van der Waals surface area contributed by atoms with Gasteiger partial charge in [0.1, 0.15) is 5.75 Å². The Bertz CT molecular complexity index is 702. The van der Waals surface area contributed by atoms with Crippen molar-refractivity contribution in [2.75, 3.05) is 11.9 Å². The number of carbonyl (C=O) groups is 1. The van der Waals surface area contributed by atoms with Crippen molar-refractivity contribution in [3.63, 3.8) is 0 Å². The van der Waals surface area contributed by atoms with Crippen molar-refractivity contribution < 1.29 is 9.53 Å². The summed E-state index contributed by atoms with van der Waals surface area (Å²) in [5, 5.41) is 3.17. The lowest BCUT2D eigenvalue weighted by Crippen LogP contribution is -1.99. The van der Waals surface area contributed by atoms with Gasteiger partial charge >= 0.3 is 0 Å². The number of hydrogen-bond acceptors (Lipinski definition) is 3. The topological polar surface area (TPSA) is 38.3 Å². The molecule has 3 nitrogen and oxygen atoms in total. The predicted octanol–water partition coefficient (Wildman–Crippen LogP) is 5.29. The van der Waals surface area contributed by atoms with Crippen LogP contribution in [0.2, 0.25) is 0 Å². The molecule has 0 saturated heterocycles. The molecule has 0 spiro atoms. The van der Waals surface area contributed by atoms with Crippen LogP contribution in [0.5, 0.6) is 5.75 Å². The van der Waals surface area contributed by atoms with Crippen LogP contribution < -0.4 is 10.1 Å². The average Bonchev–Trinajstić information content (AvgIpc) is 2.59. The first-order valence-electron chi connectivity index (χ1n) is 8.38. The van der Waals surface area contributed by atoms with E-state index in [4.69, 9.17) is 4.74 Å². The van der Waals surface area contributed by atoms with Gasteiger partial charge in [-0.25, -0.2) is 0 Å². The fraction of sp³-hybridized carbons (Fsp3) is 0.286. The zero-order valence-electron chi connectivity index (χ0n) is 14.6. The van der Waals surface area contributed by atoms with Crippen LogP contribution in [0.25, 0.3) is 0 Å². The lowest BCUT2D eigenvalue weighted by atomic mass is 10.1. The Balaban J connectivity index is 1.93. The molecule has 0 bridgehead atoms. The van der Waals surface area contributed by atoms with E-state index in [9.17, 15) is 4.79 Å². The number of carbonyl (C=O) groups excluding carboxylic acids is 1. The number of benzene rings is 2. The number of rotatable bonds is 8. The molecule has 0 aliphatic carbocycles. The summed E-state index contributed by atoms with van der Waals surface area (Å²) >= 11 is 0. The summed E-state index contributed by atoms with van der Waals surface area (Å²) in [5.74, 6) is 0.769. The van der Waals surface area contributed by atoms with E-state index in [2.05, 4.69) is 32.2 Å². The van der Waals surface area contributed by atoms with Crippen LogP contribution in [0.4, 0.5) is 5.69 Å². The van der Waals surface area contributed by atoms with Gasteiger partial charge in [-0.05, 0) is 61.7 Å². The van der Waals surface area contributed by atoms with Crippen molar-refractivity contribution in [3.8, 4) is 5.75 Å². The van der Waals surface area contributed by atoms with Crippen molar-refractivity contribution >= 4 is 11.5 Å². The van der Waals surface area contributed by atoms with Crippen molar-refractivity contribution in [3.05, 3.63) is 71.4 Å². The molecule has 0 amide bonds. The number of anilines is 1. The van der Waals surface area contributed by atoms with Gasteiger partial charge in [0, 0.05) is 23.5 Å². The minimum absolute atomic E-state index is 0.0343. The largest absolute Gasteiger partial charge is 0.494 e. The highest BCUT2D eigenvalue weighted by molar-refractivity contribution is 6.04. The van der Waals surface area contributed by atoms with Crippen LogP contribution in [-0.4, -0.2) is 12.4 Å². The molecule has 0 aliphatic heterocycles. The van der Waals surface area contributed by atoms with Crippen molar-refractivity contribution in [1.29, 1.82) is 0 Å². The standard InChI is InChI=1S/C21H25NO2/c1-4-5-15-24-19-11-9-18(10-12-19)21(23)13-14-22-20-8-6-7-16(2)17(20)3/h6-14,22H,4-5,15H2,1-3H3/b14-13+. The Hall–Kier alpha value is -2.55. The molecule has 0 fully saturated rings. The smallest absolute Gasteiger partial charge is 0.187 e. The fourth-order valence-electron chi connectivity index (χ4n) is 2.26. The van der Waals surface area contributed by atoms with Gasteiger partial charge < -0.3 is 10.1 Å². The van der Waals surface area contributed by atoms with Gasteiger partial charge in [-0.1, -0.05) is 25.5 Å². The average molecular weight is 323 g/mol. The van der Waals surface area contributed by atoms with E-state index >= 15 is 0 Å². The van der Waals surface area contributed by atoms with E-state index in [0.717, 1.165) is 24.3 Å². The number of ketones is 1. The normalized spacial score (nSPS) is 10.8. The first-order chi connectivity index (χ1) is 11.6. The first kappa shape index (κ1) is 17.8. The Morgan fingerprint density at radius 2 is 1.88 bits per heavy atom. The number of ether oxygens (including phenoxy) is 1. The molecule has 126 valence electrons. The quantitative estimate of drug-likeness (QED) is 0.407. The number of aryl methyl sites for hydroxylation is 1. The monoisotopic (exact) mass is 323 g/mol. The SMILES string of the molecule is CCCCOc1ccc(C(=O)/C=C/Nc2cccc(C)c2C)cc1. The zero-order valence-corrected chi connectivity index (χ0v) is 14.6. The Morgan fingerprint density at radius 3 is 2.58 bits per heavy atom. The molecule has 0 radical (unpaired) electrons. The zero-order chi connectivity index (χ0) is 17.4. The van der Waals surface area contributed by atoms with Crippen molar-refractivity contribution in [1.82, 2.24) is 0 Å². The van der Waals surface area contributed by atoms with Gasteiger partial charge in [-0.2, -0.15) is 0 Å². The molecule has 3 heteroatoms. The maximum atomic E-state index is 12.2. The van der Waals surface area contributed by atoms with Crippen LogP contribution in [-0.2, 0) is 0 Å². The first-order valence-corrected chi connectivity index (χ1v) is 8.38. The highest BCUT2D eigenvalue weighted by atomic mass is 16.5. The lowest BCUT2D eigenvalue weighted by molar-refractivity contribution is 0.104. The fourth-order valence-corrected chi connectivity index (χ4v) is 2.26. The molecular formula is C21H25NO2. The number of nitrogens with one attached hydrogen (secondary N) is 1. The van der Waals surface area contributed by atoms with Crippen LogP contribution in [0.1, 0.15) is 41.3 Å². The van der Waals surface area contributed by atoms with Crippen molar-refractivity contribution in [2.45, 2.75) is 33.6 Å². The van der Waals surface area contributed by atoms with Gasteiger partial charge in [-0.15, -0.1) is 0 Å². The van der Waals surface area contributed by atoms with E-state index in [1.807, 2.05) is 24.3 Å². The second-order valence-corrected chi connectivity index (χ2v) is 5.82. The molecule has 1 N–H and O–H groups in total. The molecule has 0 saturated carbocycles. The summed E-state index contributed by atoms with van der Waals surface area (Å²) in [6.45, 7) is 6.97. The molecule has 2 aromatic carbocycles. The third kappa shape index (κ3) is 4.98. The third-order valence-corrected chi connectivity index (χ3v) is 3.98. The maximum absolute atomic E-state index is 12.2. The number of hydrogen-bond donors (Lipinski definition) is 1. The predicted molar refractivity (Wildman–Crippen MR) is 99.9 cm³/mol. The second-order valence-electron chi connectivity index (χ2n) is 5.82. The lowest BCUT2D eigenvalue weighted by Gasteiger charge is -2.07. The summed E-state index contributed by atoms with van der Waals surface area (Å²) in [6, 6.07) is 13.3. The van der Waals surface area contributed by atoms with E-state index < -0.39 is 0 Å². The molecule has 0 atom stereocenters. The Kier molecular flexibility index (Phi) is 6.62. The molecule has 0 aliphatic rings. The number of unbranched alkanes of at least 4 members (excludes halogenated alkanes) is 1. The van der Waals surface area contributed by atoms with Crippen molar-refractivity contribution in [2.24, 2.45) is 0 Å². The van der Waals surface area contributed by atoms with Gasteiger partial charge in [0.25, 0.3) is 0 Å². The summed E-state index contributed by atoms with van der Waals surface area (Å²) in [4.78, 5) is 12.2. The Labute approximate surface area is 144 Å². The van der Waals surface area contributed by atoms with E-state index in [1.165, 1.54) is 11.1 Å². The minimum Gasteiger partial charge on any atom is -0.494 e.